The van der Waals surface area contributed by atoms with Crippen molar-refractivity contribution in [1.29, 1.82) is 0 Å². The van der Waals surface area contributed by atoms with Crippen LogP contribution < -0.4 is 14.8 Å². The first-order chi connectivity index (χ1) is 15.3. The van der Waals surface area contributed by atoms with Gasteiger partial charge in [-0.2, -0.15) is 4.31 Å². The molecule has 1 amide bonds. The van der Waals surface area contributed by atoms with Gasteiger partial charge in [-0.15, -0.1) is 0 Å². The molecule has 3 aromatic rings. The summed E-state index contributed by atoms with van der Waals surface area (Å²) in [5, 5.41) is 3.53. The quantitative estimate of drug-likeness (QED) is 0.570. The minimum atomic E-state index is -3.73. The van der Waals surface area contributed by atoms with Crippen molar-refractivity contribution in [3.05, 3.63) is 47.7 Å². The van der Waals surface area contributed by atoms with Crippen molar-refractivity contribution in [2.24, 2.45) is 0 Å². The topological polar surface area (TPSA) is 98.1 Å². The molecule has 1 aliphatic rings. The molecular weight excluding hydrogens is 432 g/mol. The average molecular weight is 459 g/mol. The molecule has 9 heteroatoms. The normalized spacial score (nSPS) is 14.6. The molecule has 0 bridgehead atoms. The number of furan rings is 1. The number of carbonyl (C=O) groups excluding carboxylic acids is 1. The van der Waals surface area contributed by atoms with Gasteiger partial charge >= 0.3 is 0 Å². The van der Waals surface area contributed by atoms with Crippen LogP contribution in [0, 0.1) is 6.92 Å². The van der Waals surface area contributed by atoms with Crippen LogP contribution in [0.5, 0.6) is 11.5 Å². The van der Waals surface area contributed by atoms with Crippen LogP contribution in [0.3, 0.4) is 0 Å². The first-order valence-corrected chi connectivity index (χ1v) is 11.9. The van der Waals surface area contributed by atoms with Crippen LogP contribution in [0.25, 0.3) is 11.0 Å². The minimum Gasteiger partial charge on any atom is -0.497 e. The highest BCUT2D eigenvalue weighted by molar-refractivity contribution is 7.89. The third-order valence-corrected chi connectivity index (χ3v) is 7.45. The number of rotatable bonds is 7. The molecule has 4 rings (SSSR count). The Kier molecular flexibility index (Phi) is 6.12. The number of sulfonamides is 1. The molecule has 0 aliphatic carbocycles. The summed E-state index contributed by atoms with van der Waals surface area (Å²) in [6, 6.07) is 9.94. The highest BCUT2D eigenvalue weighted by atomic mass is 32.2. The number of fused-ring (bicyclic) bond motifs is 1. The van der Waals surface area contributed by atoms with Gasteiger partial charge in [0.25, 0.3) is 5.91 Å². The number of carbonyl (C=O) groups is 1. The lowest BCUT2D eigenvalue weighted by molar-refractivity contribution is 0.0998. The summed E-state index contributed by atoms with van der Waals surface area (Å²) in [6.07, 6.45) is 1.66. The first-order valence-electron chi connectivity index (χ1n) is 10.5. The van der Waals surface area contributed by atoms with Gasteiger partial charge in [-0.05, 0) is 63.1 Å². The summed E-state index contributed by atoms with van der Waals surface area (Å²) in [4.78, 5) is 13.0. The standard InChI is InChI=1S/C23H26N2O6S/c1-4-30-20-9-7-16(13-21(20)32(27,28)25-11-5-6-12-25)24-23(26)22-15(2)18-14-17(29-3)8-10-19(18)31-22/h7-10,13-14H,4-6,11-12H2,1-3H3,(H,24,26). The summed E-state index contributed by atoms with van der Waals surface area (Å²) < 4.78 is 44.4. The molecule has 2 heterocycles. The number of benzene rings is 2. The largest absolute Gasteiger partial charge is 0.497 e. The number of nitrogens with zero attached hydrogens (tertiary/aromatic N) is 1. The Hall–Kier alpha value is -3.04. The lowest BCUT2D eigenvalue weighted by Gasteiger charge is -2.19. The number of anilines is 1. The Bertz CT molecular complexity index is 1260. The summed E-state index contributed by atoms with van der Waals surface area (Å²) in [6.45, 7) is 4.87. The molecule has 170 valence electrons. The van der Waals surface area contributed by atoms with E-state index < -0.39 is 15.9 Å². The molecule has 2 aromatic carbocycles. The number of hydrogen-bond donors (Lipinski definition) is 1. The Balaban J connectivity index is 1.66. The van der Waals surface area contributed by atoms with Crippen molar-refractivity contribution in [2.75, 3.05) is 32.1 Å². The second-order valence-corrected chi connectivity index (χ2v) is 9.48. The Labute approximate surface area is 187 Å². The second kappa shape index (κ2) is 8.84. The predicted molar refractivity (Wildman–Crippen MR) is 121 cm³/mol. The Morgan fingerprint density at radius 1 is 1.16 bits per heavy atom. The van der Waals surface area contributed by atoms with E-state index >= 15 is 0 Å². The fraction of sp³-hybridized carbons (Fsp3) is 0.348. The molecule has 8 nitrogen and oxygen atoms in total. The van der Waals surface area contributed by atoms with E-state index in [4.69, 9.17) is 13.9 Å². The van der Waals surface area contributed by atoms with Crippen LogP contribution in [-0.4, -0.2) is 45.4 Å². The van der Waals surface area contributed by atoms with Crippen LogP contribution in [0.1, 0.15) is 35.9 Å². The SMILES string of the molecule is CCOc1ccc(NC(=O)c2oc3ccc(OC)cc3c2C)cc1S(=O)(=O)N1CCCC1. The molecule has 1 N–H and O–H groups in total. The first kappa shape index (κ1) is 22.2. The molecule has 32 heavy (non-hydrogen) atoms. The number of hydrogen-bond acceptors (Lipinski definition) is 6. The fourth-order valence-corrected chi connectivity index (χ4v) is 5.54. The van der Waals surface area contributed by atoms with Crippen molar-refractivity contribution >= 4 is 32.6 Å². The molecular formula is C23H26N2O6S. The van der Waals surface area contributed by atoms with Gasteiger partial charge in [-0.3, -0.25) is 4.79 Å². The zero-order valence-corrected chi connectivity index (χ0v) is 19.1. The van der Waals surface area contributed by atoms with Crippen LogP contribution in [-0.2, 0) is 10.0 Å². The number of ether oxygens (including phenoxy) is 2. The maximum Gasteiger partial charge on any atom is 0.291 e. The van der Waals surface area contributed by atoms with Crippen molar-refractivity contribution in [3.8, 4) is 11.5 Å². The molecule has 1 saturated heterocycles. The third kappa shape index (κ3) is 4.05. The van der Waals surface area contributed by atoms with E-state index in [-0.39, 0.29) is 16.4 Å². The smallest absolute Gasteiger partial charge is 0.291 e. The van der Waals surface area contributed by atoms with Gasteiger partial charge in [0.2, 0.25) is 10.0 Å². The highest BCUT2D eigenvalue weighted by Gasteiger charge is 2.30. The molecule has 0 spiro atoms. The lowest BCUT2D eigenvalue weighted by Crippen LogP contribution is -2.28. The second-order valence-electron chi connectivity index (χ2n) is 7.58. The molecule has 1 aromatic heterocycles. The van der Waals surface area contributed by atoms with Crippen molar-refractivity contribution in [1.82, 2.24) is 4.31 Å². The summed E-state index contributed by atoms with van der Waals surface area (Å²) in [5.74, 6) is 0.624. The van der Waals surface area contributed by atoms with Crippen LogP contribution in [0.2, 0.25) is 0 Å². The number of methoxy groups -OCH3 is 1. The van der Waals surface area contributed by atoms with Crippen LogP contribution in [0.15, 0.2) is 45.7 Å². The third-order valence-electron chi connectivity index (χ3n) is 5.53. The molecule has 1 aliphatic heterocycles. The van der Waals surface area contributed by atoms with Gasteiger partial charge < -0.3 is 19.2 Å². The minimum absolute atomic E-state index is 0.0464. The van der Waals surface area contributed by atoms with Crippen molar-refractivity contribution < 1.29 is 27.1 Å². The average Bonchev–Trinajstić information content (AvgIpc) is 3.44. The van der Waals surface area contributed by atoms with Gasteiger partial charge in [0.05, 0.1) is 13.7 Å². The molecule has 0 saturated carbocycles. The van der Waals surface area contributed by atoms with Gasteiger partial charge in [0.15, 0.2) is 5.76 Å². The fourth-order valence-electron chi connectivity index (χ4n) is 3.86. The lowest BCUT2D eigenvalue weighted by atomic mass is 10.1. The van der Waals surface area contributed by atoms with E-state index in [1.54, 1.807) is 45.2 Å². The van der Waals surface area contributed by atoms with Crippen LogP contribution >= 0.6 is 0 Å². The Morgan fingerprint density at radius 2 is 1.91 bits per heavy atom. The maximum absolute atomic E-state index is 13.2. The number of nitrogens with one attached hydrogen (secondary N) is 1. The van der Waals surface area contributed by atoms with Gasteiger partial charge in [-0.1, -0.05) is 0 Å². The zero-order valence-electron chi connectivity index (χ0n) is 18.3. The van der Waals surface area contributed by atoms with Gasteiger partial charge in [0.1, 0.15) is 22.0 Å². The monoisotopic (exact) mass is 458 g/mol. The van der Waals surface area contributed by atoms with Gasteiger partial charge in [0, 0.05) is 29.7 Å². The predicted octanol–water partition coefficient (Wildman–Crippen LogP) is 4.19. The van der Waals surface area contributed by atoms with Crippen LogP contribution in [0.4, 0.5) is 5.69 Å². The molecule has 1 fully saturated rings. The summed E-state index contributed by atoms with van der Waals surface area (Å²) in [7, 11) is -2.16. The molecule has 0 radical (unpaired) electrons. The van der Waals surface area contributed by atoms with Crippen molar-refractivity contribution in [3.63, 3.8) is 0 Å². The van der Waals surface area contributed by atoms with E-state index in [1.807, 2.05) is 6.07 Å². The Morgan fingerprint density at radius 3 is 2.59 bits per heavy atom. The maximum atomic E-state index is 13.2. The highest BCUT2D eigenvalue weighted by Crippen LogP contribution is 2.33. The number of aryl methyl sites for hydroxylation is 1. The molecule has 0 unspecified atom stereocenters. The van der Waals surface area contributed by atoms with E-state index in [2.05, 4.69) is 5.32 Å². The van der Waals surface area contributed by atoms with Crippen molar-refractivity contribution in [2.45, 2.75) is 31.6 Å². The summed E-state index contributed by atoms with van der Waals surface area (Å²) in [5.41, 5.74) is 1.58. The van der Waals surface area contributed by atoms with E-state index in [0.29, 0.717) is 42.3 Å². The van der Waals surface area contributed by atoms with E-state index in [1.165, 1.54) is 10.4 Å². The van der Waals surface area contributed by atoms with Gasteiger partial charge in [-0.25, -0.2) is 8.42 Å². The van der Waals surface area contributed by atoms with E-state index in [0.717, 1.165) is 18.2 Å². The summed E-state index contributed by atoms with van der Waals surface area (Å²) >= 11 is 0. The van der Waals surface area contributed by atoms with E-state index in [9.17, 15) is 13.2 Å². The number of amides is 1. The molecule has 0 atom stereocenters. The zero-order chi connectivity index (χ0) is 22.9.